The molecule has 2 heterocycles. The van der Waals surface area contributed by atoms with Crippen molar-refractivity contribution in [2.24, 2.45) is 0 Å². The summed E-state index contributed by atoms with van der Waals surface area (Å²) < 4.78 is 16.9. The molecule has 1 spiro atoms. The first-order valence-electron chi connectivity index (χ1n) is 8.28. The molecule has 126 valence electrons. The van der Waals surface area contributed by atoms with Crippen LogP contribution in [0, 0.1) is 0 Å². The molecule has 2 fully saturated rings. The van der Waals surface area contributed by atoms with E-state index >= 15 is 0 Å². The Bertz CT molecular complexity index is 822. The summed E-state index contributed by atoms with van der Waals surface area (Å²) >= 11 is 0. The zero-order valence-electron chi connectivity index (χ0n) is 13.2. The maximum Gasteiger partial charge on any atom is 0.349 e. The van der Waals surface area contributed by atoms with Gasteiger partial charge < -0.3 is 19.2 Å². The van der Waals surface area contributed by atoms with Crippen LogP contribution in [0.25, 0.3) is 11.0 Å². The molecule has 1 saturated carbocycles. The summed E-state index contributed by atoms with van der Waals surface area (Å²) in [4.78, 5) is 24.3. The highest BCUT2D eigenvalue weighted by atomic mass is 16.7. The van der Waals surface area contributed by atoms with E-state index in [1.165, 1.54) is 0 Å². The van der Waals surface area contributed by atoms with Crippen LogP contribution in [-0.2, 0) is 9.47 Å². The molecule has 6 heteroatoms. The van der Waals surface area contributed by atoms with Crippen molar-refractivity contribution in [3.05, 3.63) is 46.3 Å². The first kappa shape index (κ1) is 15.4. The van der Waals surface area contributed by atoms with E-state index in [1.54, 1.807) is 24.3 Å². The number of carbonyl (C=O) groups excluding carboxylic acids is 1. The fourth-order valence-electron chi connectivity index (χ4n) is 3.42. The quantitative estimate of drug-likeness (QED) is 0.874. The highest BCUT2D eigenvalue weighted by molar-refractivity contribution is 5.96. The zero-order chi connectivity index (χ0) is 16.6. The Morgan fingerprint density at radius 2 is 2.04 bits per heavy atom. The second-order valence-electron chi connectivity index (χ2n) is 6.36. The van der Waals surface area contributed by atoms with Crippen LogP contribution in [0.2, 0.25) is 0 Å². The van der Waals surface area contributed by atoms with E-state index < -0.39 is 17.3 Å². The SMILES string of the molecule is O=C(NC[C@H]1COC2(CCCC2)O1)c1cc2ccccc2oc1=O. The predicted octanol–water partition coefficient (Wildman–Crippen LogP) is 2.21. The topological polar surface area (TPSA) is 77.8 Å². The van der Waals surface area contributed by atoms with Gasteiger partial charge in [-0.15, -0.1) is 0 Å². The van der Waals surface area contributed by atoms with Crippen LogP contribution in [-0.4, -0.2) is 30.9 Å². The third-order valence-electron chi connectivity index (χ3n) is 4.66. The van der Waals surface area contributed by atoms with Gasteiger partial charge in [-0.3, -0.25) is 4.79 Å². The molecule has 1 N–H and O–H groups in total. The minimum atomic E-state index is -0.637. The molecule has 2 aliphatic rings. The van der Waals surface area contributed by atoms with Gasteiger partial charge in [0.25, 0.3) is 5.91 Å². The first-order valence-corrected chi connectivity index (χ1v) is 8.28. The number of benzene rings is 1. The van der Waals surface area contributed by atoms with Gasteiger partial charge in [-0.2, -0.15) is 0 Å². The Kier molecular flexibility index (Phi) is 3.86. The van der Waals surface area contributed by atoms with E-state index in [0.29, 0.717) is 24.1 Å². The Morgan fingerprint density at radius 3 is 2.88 bits per heavy atom. The number of nitrogens with one attached hydrogen (secondary N) is 1. The van der Waals surface area contributed by atoms with Crippen molar-refractivity contribution in [3.8, 4) is 0 Å². The second kappa shape index (κ2) is 6.03. The fraction of sp³-hybridized carbons (Fsp3) is 0.444. The number of carbonyl (C=O) groups is 1. The summed E-state index contributed by atoms with van der Waals surface area (Å²) in [7, 11) is 0. The highest BCUT2D eigenvalue weighted by Gasteiger charge is 2.43. The number of rotatable bonds is 3. The number of para-hydroxylation sites is 1. The van der Waals surface area contributed by atoms with Crippen LogP contribution in [0.4, 0.5) is 0 Å². The third kappa shape index (κ3) is 2.83. The molecule has 2 aromatic rings. The van der Waals surface area contributed by atoms with Gasteiger partial charge in [0.15, 0.2) is 5.79 Å². The number of hydrogen-bond donors (Lipinski definition) is 1. The van der Waals surface area contributed by atoms with E-state index in [-0.39, 0.29) is 11.7 Å². The van der Waals surface area contributed by atoms with Crippen LogP contribution >= 0.6 is 0 Å². The number of fused-ring (bicyclic) bond motifs is 1. The average Bonchev–Trinajstić information content (AvgIpc) is 3.22. The van der Waals surface area contributed by atoms with Gasteiger partial charge >= 0.3 is 5.63 Å². The van der Waals surface area contributed by atoms with Crippen LogP contribution in [0.1, 0.15) is 36.0 Å². The van der Waals surface area contributed by atoms with E-state index in [0.717, 1.165) is 25.7 Å². The molecule has 1 saturated heterocycles. The Hall–Kier alpha value is -2.18. The molecule has 6 nitrogen and oxygen atoms in total. The van der Waals surface area contributed by atoms with Gasteiger partial charge in [-0.25, -0.2) is 4.79 Å². The molecular weight excluding hydrogens is 310 g/mol. The highest BCUT2D eigenvalue weighted by Crippen LogP contribution is 2.38. The smallest absolute Gasteiger partial charge is 0.349 e. The molecule has 0 radical (unpaired) electrons. The monoisotopic (exact) mass is 329 g/mol. The summed E-state index contributed by atoms with van der Waals surface area (Å²) in [5.74, 6) is -0.900. The van der Waals surface area contributed by atoms with E-state index in [1.807, 2.05) is 6.07 Å². The lowest BCUT2D eigenvalue weighted by Crippen LogP contribution is -2.36. The molecule has 1 atom stereocenters. The lowest BCUT2D eigenvalue weighted by Gasteiger charge is -2.21. The summed E-state index contributed by atoms with van der Waals surface area (Å²) in [6, 6.07) is 8.66. The van der Waals surface area contributed by atoms with Crippen LogP contribution in [0.5, 0.6) is 0 Å². The van der Waals surface area contributed by atoms with Crippen LogP contribution < -0.4 is 10.9 Å². The molecule has 1 aliphatic heterocycles. The largest absolute Gasteiger partial charge is 0.422 e. The second-order valence-corrected chi connectivity index (χ2v) is 6.36. The van der Waals surface area contributed by atoms with Crippen molar-refractivity contribution < 1.29 is 18.7 Å². The van der Waals surface area contributed by atoms with Crippen LogP contribution in [0.3, 0.4) is 0 Å². The molecule has 1 aromatic heterocycles. The Balaban J connectivity index is 1.43. The molecule has 0 bridgehead atoms. The fourth-order valence-corrected chi connectivity index (χ4v) is 3.42. The Labute approximate surface area is 138 Å². The lowest BCUT2D eigenvalue weighted by molar-refractivity contribution is -0.161. The summed E-state index contributed by atoms with van der Waals surface area (Å²) in [6.45, 7) is 0.777. The molecule has 24 heavy (non-hydrogen) atoms. The average molecular weight is 329 g/mol. The van der Waals surface area contributed by atoms with Gasteiger partial charge in [0.05, 0.1) is 6.61 Å². The summed E-state index contributed by atoms with van der Waals surface area (Å²) in [5, 5.41) is 3.46. The van der Waals surface area contributed by atoms with E-state index in [4.69, 9.17) is 13.9 Å². The van der Waals surface area contributed by atoms with E-state index in [9.17, 15) is 9.59 Å². The maximum atomic E-state index is 12.3. The number of hydrogen-bond acceptors (Lipinski definition) is 5. The first-order chi connectivity index (χ1) is 11.7. The minimum Gasteiger partial charge on any atom is -0.422 e. The van der Waals surface area contributed by atoms with Crippen LogP contribution in [0.15, 0.2) is 39.5 Å². The minimum absolute atomic E-state index is 0.00296. The molecule has 0 unspecified atom stereocenters. The third-order valence-corrected chi connectivity index (χ3v) is 4.66. The van der Waals surface area contributed by atoms with Gasteiger partial charge in [0.1, 0.15) is 17.3 Å². The maximum absolute atomic E-state index is 12.3. The lowest BCUT2D eigenvalue weighted by atomic mass is 10.2. The van der Waals surface area contributed by atoms with Crippen molar-refractivity contribution in [1.29, 1.82) is 0 Å². The Morgan fingerprint density at radius 1 is 1.25 bits per heavy atom. The van der Waals surface area contributed by atoms with Gasteiger partial charge in [-0.05, 0) is 25.0 Å². The van der Waals surface area contributed by atoms with Gasteiger partial charge in [-0.1, -0.05) is 18.2 Å². The summed E-state index contributed by atoms with van der Waals surface area (Å²) in [5.41, 5.74) is -0.167. The normalized spacial score (nSPS) is 22.2. The molecule has 1 aromatic carbocycles. The zero-order valence-corrected chi connectivity index (χ0v) is 13.2. The van der Waals surface area contributed by atoms with E-state index in [2.05, 4.69) is 5.32 Å². The number of amides is 1. The van der Waals surface area contributed by atoms with Gasteiger partial charge in [0, 0.05) is 24.8 Å². The molecule has 1 amide bonds. The molecular formula is C18H19NO5. The standard InChI is InChI=1S/C18H19NO5/c20-16(14-9-12-5-1-2-6-15(12)23-17(14)21)19-10-13-11-22-18(24-13)7-3-4-8-18/h1-2,5-6,9,13H,3-4,7-8,10-11H2,(H,19,20)/t13-/m0/s1. The van der Waals surface area contributed by atoms with Gasteiger partial charge in [0.2, 0.25) is 0 Å². The predicted molar refractivity (Wildman–Crippen MR) is 86.8 cm³/mol. The molecule has 1 aliphatic carbocycles. The van der Waals surface area contributed by atoms with Crippen molar-refractivity contribution >= 4 is 16.9 Å². The van der Waals surface area contributed by atoms with Crippen molar-refractivity contribution in [1.82, 2.24) is 5.32 Å². The van der Waals surface area contributed by atoms with Crippen molar-refractivity contribution in [2.75, 3.05) is 13.2 Å². The van der Waals surface area contributed by atoms with Crippen molar-refractivity contribution in [2.45, 2.75) is 37.6 Å². The van der Waals surface area contributed by atoms with Crippen molar-refractivity contribution in [3.63, 3.8) is 0 Å². The number of ether oxygens (including phenoxy) is 2. The summed E-state index contributed by atoms with van der Waals surface area (Å²) in [6.07, 6.45) is 3.85. The molecule has 4 rings (SSSR count).